The van der Waals surface area contributed by atoms with Crippen molar-refractivity contribution in [2.75, 3.05) is 53.0 Å². The molecule has 4 aliphatic rings. The van der Waals surface area contributed by atoms with Crippen molar-refractivity contribution >= 4 is 18.0 Å². The van der Waals surface area contributed by atoms with E-state index in [0.717, 1.165) is 12.8 Å². The molecule has 0 unspecified atom stereocenters. The fourth-order valence-electron chi connectivity index (χ4n) is 6.00. The maximum absolute atomic E-state index is 13.1. The maximum atomic E-state index is 13.1. The fraction of sp³-hybridized carbons (Fsp3) is 0.815. The number of nitrogens with zero attached hydrogens (tertiary/aromatic N) is 2. The van der Waals surface area contributed by atoms with E-state index in [-0.39, 0.29) is 61.0 Å². The lowest BCUT2D eigenvalue weighted by atomic mass is 9.68. The summed E-state index contributed by atoms with van der Waals surface area (Å²) in [5.41, 5.74) is 0.619. The Bertz CT molecular complexity index is 908. The third-order valence-corrected chi connectivity index (χ3v) is 8.33. The van der Waals surface area contributed by atoms with Crippen LogP contribution in [-0.2, 0) is 33.3 Å². The molecule has 3 saturated heterocycles. The van der Waals surface area contributed by atoms with Crippen molar-refractivity contribution in [3.63, 3.8) is 0 Å². The number of amides is 1. The smallest absolute Gasteiger partial charge is 0.410 e. The third-order valence-electron chi connectivity index (χ3n) is 8.33. The van der Waals surface area contributed by atoms with E-state index in [0.29, 0.717) is 45.8 Å². The van der Waals surface area contributed by atoms with Crippen LogP contribution in [-0.4, -0.2) is 115 Å². The van der Waals surface area contributed by atoms with Crippen LogP contribution in [0.5, 0.6) is 0 Å². The van der Waals surface area contributed by atoms with Crippen molar-refractivity contribution in [1.82, 2.24) is 9.80 Å². The number of carboxylic acid groups (broad SMARTS) is 1. The molecule has 1 spiro atoms. The summed E-state index contributed by atoms with van der Waals surface area (Å²) in [6.45, 7) is 10.0. The lowest BCUT2D eigenvalue weighted by Gasteiger charge is -2.43. The number of esters is 1. The fourth-order valence-corrected chi connectivity index (χ4v) is 6.00. The van der Waals surface area contributed by atoms with Crippen molar-refractivity contribution in [2.45, 2.75) is 82.4 Å². The summed E-state index contributed by atoms with van der Waals surface area (Å²) < 4.78 is 29.3. The first-order valence-corrected chi connectivity index (χ1v) is 13.6. The normalized spacial score (nSPS) is 34.5. The number of methoxy groups -OCH3 is 1. The summed E-state index contributed by atoms with van der Waals surface area (Å²) in [6, 6.07) is 0. The van der Waals surface area contributed by atoms with Gasteiger partial charge in [0.15, 0.2) is 0 Å². The topological polar surface area (TPSA) is 131 Å². The number of aliphatic carboxylic acids is 1. The summed E-state index contributed by atoms with van der Waals surface area (Å²) in [6.07, 6.45) is 3.24. The molecule has 0 aromatic carbocycles. The maximum Gasteiger partial charge on any atom is 0.410 e. The zero-order valence-electron chi connectivity index (χ0n) is 23.0. The van der Waals surface area contributed by atoms with Crippen molar-refractivity contribution in [1.29, 1.82) is 0 Å². The van der Waals surface area contributed by atoms with Crippen LogP contribution in [0, 0.1) is 5.92 Å². The standard InChI is InChI=1S/C27H42N2O9/c1-18(2)5-6-20-26(3,38-20)24-23(34-4)19(9-10-27(24)17-36-27)37-25(33)29-13-11-28(12-14-29)15-16-35-22(32)8-7-21(30)31/h5,19-20,23-24H,6-17H2,1-4H3,(H,30,31)/t19-,20-,23-,24-,26+,27+/m1/s1. The van der Waals surface area contributed by atoms with Crippen LogP contribution < -0.4 is 0 Å². The average molecular weight is 539 g/mol. The summed E-state index contributed by atoms with van der Waals surface area (Å²) in [4.78, 5) is 39.0. The Morgan fingerprint density at radius 3 is 2.45 bits per heavy atom. The lowest BCUT2D eigenvalue weighted by Crippen LogP contribution is -2.57. The summed E-state index contributed by atoms with van der Waals surface area (Å²) >= 11 is 0. The average Bonchev–Trinajstić information content (AvgIpc) is 3.79. The Morgan fingerprint density at radius 2 is 1.84 bits per heavy atom. The van der Waals surface area contributed by atoms with Gasteiger partial charge in [-0.1, -0.05) is 11.6 Å². The van der Waals surface area contributed by atoms with E-state index in [9.17, 15) is 14.4 Å². The SMILES string of the molecule is CO[C@@H]1[C@H](OC(=O)N2CCN(CCOC(=O)CCC(=O)O)CC2)CC[C@]2(CO2)[C@H]1[C@@]1(C)O[C@@H]1CC=C(C)C. The van der Waals surface area contributed by atoms with E-state index < -0.39 is 11.9 Å². The number of carbonyl (C=O) groups is 3. The summed E-state index contributed by atoms with van der Waals surface area (Å²) in [5.74, 6) is -1.55. The Hall–Kier alpha value is -2.21. The molecule has 1 amide bonds. The van der Waals surface area contributed by atoms with Crippen molar-refractivity contribution in [3.05, 3.63) is 11.6 Å². The number of hydrogen-bond donors (Lipinski definition) is 1. The second-order valence-corrected chi connectivity index (χ2v) is 11.2. The first-order chi connectivity index (χ1) is 18.1. The number of rotatable bonds is 11. The molecule has 214 valence electrons. The first kappa shape index (κ1) is 28.8. The zero-order chi connectivity index (χ0) is 27.5. The Kier molecular flexibility index (Phi) is 9.01. The Labute approximate surface area is 224 Å². The number of allylic oxidation sites excluding steroid dienone is 1. The minimum Gasteiger partial charge on any atom is -0.481 e. The van der Waals surface area contributed by atoms with Gasteiger partial charge in [0.1, 0.15) is 30.0 Å². The second kappa shape index (κ2) is 11.9. The quantitative estimate of drug-likeness (QED) is 0.237. The van der Waals surface area contributed by atoms with Crippen LogP contribution in [0.15, 0.2) is 11.6 Å². The molecule has 0 bridgehead atoms. The number of carboxylic acids is 1. The minimum atomic E-state index is -1.02. The van der Waals surface area contributed by atoms with Gasteiger partial charge >= 0.3 is 18.0 Å². The van der Waals surface area contributed by atoms with Crippen LogP contribution in [0.4, 0.5) is 4.79 Å². The monoisotopic (exact) mass is 538 g/mol. The highest BCUT2D eigenvalue weighted by Gasteiger charge is 2.72. The van der Waals surface area contributed by atoms with Gasteiger partial charge in [-0.05, 0) is 40.0 Å². The number of carbonyl (C=O) groups excluding carboxylic acids is 2. The van der Waals surface area contributed by atoms with E-state index in [4.69, 9.17) is 28.8 Å². The lowest BCUT2D eigenvalue weighted by molar-refractivity contribution is -0.148. The van der Waals surface area contributed by atoms with Gasteiger partial charge in [0.25, 0.3) is 0 Å². The van der Waals surface area contributed by atoms with Gasteiger partial charge in [-0.3, -0.25) is 14.5 Å². The summed E-state index contributed by atoms with van der Waals surface area (Å²) in [5, 5.41) is 8.64. The van der Waals surface area contributed by atoms with Crippen molar-refractivity contribution in [3.8, 4) is 0 Å². The molecule has 0 aromatic rings. The van der Waals surface area contributed by atoms with E-state index in [2.05, 4.69) is 31.7 Å². The third kappa shape index (κ3) is 6.67. The van der Waals surface area contributed by atoms with Gasteiger partial charge in [-0.2, -0.15) is 0 Å². The minimum absolute atomic E-state index is 0.0165. The Balaban J connectivity index is 1.25. The molecule has 1 N–H and O–H groups in total. The van der Waals surface area contributed by atoms with Crippen LogP contribution in [0.3, 0.4) is 0 Å². The molecular weight excluding hydrogens is 496 g/mol. The van der Waals surface area contributed by atoms with Crippen LogP contribution >= 0.6 is 0 Å². The molecule has 1 saturated carbocycles. The predicted octanol–water partition coefficient (Wildman–Crippen LogP) is 2.23. The molecule has 0 aromatic heterocycles. The molecular formula is C27H42N2O9. The highest BCUT2D eigenvalue weighted by Crippen LogP contribution is 2.59. The van der Waals surface area contributed by atoms with E-state index in [1.54, 1.807) is 12.0 Å². The second-order valence-electron chi connectivity index (χ2n) is 11.2. The van der Waals surface area contributed by atoms with Crippen LogP contribution in [0.25, 0.3) is 0 Å². The molecule has 4 rings (SSSR count). The van der Waals surface area contributed by atoms with Crippen molar-refractivity contribution < 1.29 is 43.2 Å². The highest BCUT2D eigenvalue weighted by atomic mass is 16.6. The predicted molar refractivity (Wildman–Crippen MR) is 136 cm³/mol. The van der Waals surface area contributed by atoms with Gasteiger partial charge in [-0.25, -0.2) is 4.79 Å². The molecule has 6 atom stereocenters. The van der Waals surface area contributed by atoms with Gasteiger partial charge in [0, 0.05) is 39.8 Å². The number of ether oxygens (including phenoxy) is 5. The molecule has 3 heterocycles. The molecule has 11 heteroatoms. The highest BCUT2D eigenvalue weighted by molar-refractivity contribution is 5.76. The molecule has 4 fully saturated rings. The number of hydrogen-bond acceptors (Lipinski definition) is 9. The van der Waals surface area contributed by atoms with Gasteiger partial charge in [0.2, 0.25) is 0 Å². The van der Waals surface area contributed by atoms with Gasteiger partial charge in [-0.15, -0.1) is 0 Å². The van der Waals surface area contributed by atoms with E-state index in [1.165, 1.54) is 5.57 Å². The van der Waals surface area contributed by atoms with Crippen LogP contribution in [0.2, 0.25) is 0 Å². The molecule has 11 nitrogen and oxygen atoms in total. The number of epoxide rings is 2. The van der Waals surface area contributed by atoms with E-state index in [1.807, 2.05) is 0 Å². The molecule has 3 aliphatic heterocycles. The summed E-state index contributed by atoms with van der Waals surface area (Å²) in [7, 11) is 1.67. The molecule has 0 radical (unpaired) electrons. The van der Waals surface area contributed by atoms with Gasteiger partial charge < -0.3 is 33.7 Å². The van der Waals surface area contributed by atoms with Crippen molar-refractivity contribution in [2.24, 2.45) is 5.92 Å². The van der Waals surface area contributed by atoms with E-state index >= 15 is 0 Å². The van der Waals surface area contributed by atoms with Crippen LogP contribution in [0.1, 0.15) is 52.9 Å². The molecule has 38 heavy (non-hydrogen) atoms. The largest absolute Gasteiger partial charge is 0.481 e. The zero-order valence-corrected chi connectivity index (χ0v) is 23.0. The molecule has 1 aliphatic carbocycles. The Morgan fingerprint density at radius 1 is 1.13 bits per heavy atom. The number of piperazine rings is 1. The first-order valence-electron chi connectivity index (χ1n) is 13.6. The van der Waals surface area contributed by atoms with Gasteiger partial charge in [0.05, 0.1) is 31.5 Å².